The normalized spacial score (nSPS) is 18.9. The molecular weight excluding hydrogens is 444 g/mol. The molecule has 1 amide bonds. The number of carbonyl (C=O) groups excluding carboxylic acids is 1. The molecule has 0 spiro atoms. The Hall–Kier alpha value is -3.48. The zero-order valence-corrected chi connectivity index (χ0v) is 17.6. The highest BCUT2D eigenvalue weighted by atomic mass is 19.3. The number of halogens is 2. The maximum atomic E-state index is 12.4. The molecule has 1 aromatic heterocycles. The van der Waals surface area contributed by atoms with E-state index in [1.54, 1.807) is 12.1 Å². The number of hydrogen-bond acceptors (Lipinski definition) is 8. The Bertz CT molecular complexity index is 978. The summed E-state index contributed by atoms with van der Waals surface area (Å²) in [5.74, 6) is 0.198. The monoisotopic (exact) mass is 467 g/mol. The maximum absolute atomic E-state index is 12.4. The second kappa shape index (κ2) is 9.98. The third-order valence-electron chi connectivity index (χ3n) is 5.36. The minimum Gasteiger partial charge on any atom is -0.490 e. The van der Waals surface area contributed by atoms with Crippen molar-refractivity contribution >= 4 is 11.7 Å². The number of hydrogen-bond donors (Lipinski definition) is 1. The number of nitrogens with one attached hydrogen (secondary N) is 1. The van der Waals surface area contributed by atoms with Crippen molar-refractivity contribution in [2.75, 3.05) is 26.2 Å². The lowest BCUT2D eigenvalue weighted by Crippen LogP contribution is -2.49. The van der Waals surface area contributed by atoms with E-state index in [0.717, 1.165) is 12.8 Å². The third-order valence-corrected chi connectivity index (χ3v) is 5.36. The smallest absolute Gasteiger partial charge is 0.414 e. The van der Waals surface area contributed by atoms with Gasteiger partial charge in [-0.25, -0.2) is 0 Å². The molecule has 0 bridgehead atoms. The number of piperidine rings is 1. The number of nitro groups is 1. The van der Waals surface area contributed by atoms with Gasteiger partial charge in [0.25, 0.3) is 0 Å². The van der Waals surface area contributed by atoms with Gasteiger partial charge >= 0.3 is 18.4 Å². The second-order valence-corrected chi connectivity index (χ2v) is 7.81. The lowest BCUT2D eigenvalue weighted by molar-refractivity contribution is -0.389. The van der Waals surface area contributed by atoms with Crippen LogP contribution in [0.5, 0.6) is 17.5 Å². The number of alkyl halides is 2. The van der Waals surface area contributed by atoms with Crippen molar-refractivity contribution in [2.45, 2.75) is 38.1 Å². The predicted molar refractivity (Wildman–Crippen MR) is 109 cm³/mol. The fourth-order valence-corrected chi connectivity index (χ4v) is 3.83. The van der Waals surface area contributed by atoms with Crippen LogP contribution in [0.2, 0.25) is 0 Å². The molecule has 2 aliphatic rings. The van der Waals surface area contributed by atoms with Crippen LogP contribution in [0.1, 0.15) is 12.8 Å². The fraction of sp³-hybridized carbons (Fsp3) is 0.500. The molecule has 2 aromatic rings. The van der Waals surface area contributed by atoms with E-state index in [0.29, 0.717) is 25.4 Å². The summed E-state index contributed by atoms with van der Waals surface area (Å²) < 4.78 is 41.6. The van der Waals surface area contributed by atoms with Crippen molar-refractivity contribution in [1.82, 2.24) is 19.8 Å². The lowest BCUT2D eigenvalue weighted by atomic mass is 10.1. The molecule has 1 N–H and O–H groups in total. The Kier molecular flexibility index (Phi) is 6.87. The van der Waals surface area contributed by atoms with Gasteiger partial charge in [-0.1, -0.05) is 0 Å². The molecule has 1 atom stereocenters. The number of carbonyl (C=O) groups is 1. The van der Waals surface area contributed by atoms with Gasteiger partial charge in [0.15, 0.2) is 0 Å². The molecule has 4 rings (SSSR count). The highest BCUT2D eigenvalue weighted by molar-refractivity contribution is 5.78. The molecule has 0 aliphatic carbocycles. The molecule has 33 heavy (non-hydrogen) atoms. The summed E-state index contributed by atoms with van der Waals surface area (Å²) in [6, 6.07) is 5.90. The van der Waals surface area contributed by atoms with Crippen molar-refractivity contribution in [3.63, 3.8) is 0 Å². The Morgan fingerprint density at radius 3 is 2.64 bits per heavy atom. The van der Waals surface area contributed by atoms with Crippen LogP contribution in [0.4, 0.5) is 14.6 Å². The number of likely N-dealkylation sites (tertiary alicyclic amines) is 1. The van der Waals surface area contributed by atoms with Crippen molar-refractivity contribution in [3.05, 3.63) is 40.6 Å². The van der Waals surface area contributed by atoms with Gasteiger partial charge in [0.1, 0.15) is 30.4 Å². The number of nitrogens with zero attached hydrogens (tertiary/aromatic N) is 4. The fourth-order valence-electron chi connectivity index (χ4n) is 3.83. The van der Waals surface area contributed by atoms with Gasteiger partial charge in [0.2, 0.25) is 5.91 Å². The summed E-state index contributed by atoms with van der Waals surface area (Å²) in [5, 5.41) is 13.7. The zero-order chi connectivity index (χ0) is 23.4. The third kappa shape index (κ3) is 6.06. The number of fused-ring (bicyclic) bond motifs is 1. The van der Waals surface area contributed by atoms with Gasteiger partial charge in [-0.15, -0.1) is 0 Å². The topological polar surface area (TPSA) is 121 Å². The van der Waals surface area contributed by atoms with Crippen LogP contribution in [-0.2, 0) is 11.3 Å². The Morgan fingerprint density at radius 2 is 1.97 bits per heavy atom. The van der Waals surface area contributed by atoms with Gasteiger partial charge in [-0.05, 0) is 42.0 Å². The molecule has 1 fully saturated rings. The molecule has 0 radical (unpaired) electrons. The zero-order valence-electron chi connectivity index (χ0n) is 17.6. The number of aromatic nitrogens is 2. The van der Waals surface area contributed by atoms with Gasteiger partial charge in [0.05, 0.1) is 19.1 Å². The van der Waals surface area contributed by atoms with E-state index in [4.69, 9.17) is 9.47 Å². The van der Waals surface area contributed by atoms with Crippen molar-refractivity contribution in [2.24, 2.45) is 0 Å². The highest BCUT2D eigenvalue weighted by Gasteiger charge is 2.29. The van der Waals surface area contributed by atoms with Crippen LogP contribution < -0.4 is 19.5 Å². The number of rotatable bonds is 8. The standard InChI is InChI=1S/C20H23F2N5O6/c21-19(22)33-15-3-1-14(2-4-15)32-16-5-7-25(8-6-16)11-18(28)23-13-9-26-10-17(27(29)30)24-20(26)31-12-13/h1-4,10,13,16,19H,5-9,11-12H2,(H,23,28). The molecular formula is C20H23F2N5O6. The van der Waals surface area contributed by atoms with Crippen LogP contribution in [0, 0.1) is 10.1 Å². The van der Waals surface area contributed by atoms with Crippen molar-refractivity contribution in [3.8, 4) is 17.5 Å². The minimum absolute atomic E-state index is 0.0339. The van der Waals surface area contributed by atoms with Gasteiger partial charge < -0.3 is 29.6 Å². The van der Waals surface area contributed by atoms with Gasteiger partial charge in [-0.2, -0.15) is 8.78 Å². The first-order valence-corrected chi connectivity index (χ1v) is 10.4. The summed E-state index contributed by atoms with van der Waals surface area (Å²) in [5.41, 5.74) is 0. The number of benzene rings is 1. The van der Waals surface area contributed by atoms with Crippen LogP contribution in [0.25, 0.3) is 0 Å². The van der Waals surface area contributed by atoms with Gasteiger partial charge in [0, 0.05) is 18.1 Å². The van der Waals surface area contributed by atoms with Crippen LogP contribution in [0.3, 0.4) is 0 Å². The maximum Gasteiger partial charge on any atom is 0.414 e. The highest BCUT2D eigenvalue weighted by Crippen LogP contribution is 2.23. The molecule has 2 aliphatic heterocycles. The second-order valence-electron chi connectivity index (χ2n) is 7.81. The molecule has 11 nitrogen and oxygen atoms in total. The van der Waals surface area contributed by atoms with Crippen LogP contribution in [-0.4, -0.2) is 70.3 Å². The number of imidazole rings is 1. The summed E-state index contributed by atoms with van der Waals surface area (Å²) in [4.78, 5) is 28.5. The Balaban J connectivity index is 1.18. The Morgan fingerprint density at radius 1 is 1.27 bits per heavy atom. The molecule has 3 heterocycles. The first kappa shape index (κ1) is 22.7. The summed E-state index contributed by atoms with van der Waals surface area (Å²) in [6.45, 7) is -0.767. The van der Waals surface area contributed by atoms with Crippen LogP contribution >= 0.6 is 0 Å². The largest absolute Gasteiger partial charge is 0.490 e. The van der Waals surface area contributed by atoms with E-state index in [2.05, 4.69) is 15.0 Å². The van der Waals surface area contributed by atoms with E-state index in [-0.39, 0.29) is 48.8 Å². The lowest BCUT2D eigenvalue weighted by Gasteiger charge is -2.32. The van der Waals surface area contributed by atoms with E-state index >= 15 is 0 Å². The molecule has 13 heteroatoms. The van der Waals surface area contributed by atoms with E-state index < -0.39 is 11.5 Å². The van der Waals surface area contributed by atoms with E-state index in [1.807, 2.05) is 4.90 Å². The molecule has 1 unspecified atom stereocenters. The molecule has 1 saturated heterocycles. The van der Waals surface area contributed by atoms with Crippen molar-refractivity contribution in [1.29, 1.82) is 0 Å². The van der Waals surface area contributed by atoms with Gasteiger partial charge in [-0.3, -0.25) is 14.3 Å². The number of amides is 1. The molecule has 1 aromatic carbocycles. The molecule has 178 valence electrons. The first-order chi connectivity index (χ1) is 15.9. The van der Waals surface area contributed by atoms with E-state index in [1.165, 1.54) is 22.9 Å². The number of ether oxygens (including phenoxy) is 3. The SMILES string of the molecule is O=C(CN1CCC(Oc2ccc(OC(F)F)cc2)CC1)NC1COc2nc([N+](=O)[O-])cn2C1. The first-order valence-electron chi connectivity index (χ1n) is 10.4. The summed E-state index contributed by atoms with van der Waals surface area (Å²) >= 11 is 0. The van der Waals surface area contributed by atoms with Crippen LogP contribution in [0.15, 0.2) is 30.5 Å². The average molecular weight is 467 g/mol. The molecule has 0 saturated carbocycles. The minimum atomic E-state index is -2.87. The quantitative estimate of drug-likeness (QED) is 0.461. The predicted octanol–water partition coefficient (Wildman–Crippen LogP) is 1.81. The summed E-state index contributed by atoms with van der Waals surface area (Å²) in [7, 11) is 0. The Labute approximate surface area is 187 Å². The average Bonchev–Trinajstić information content (AvgIpc) is 3.20. The van der Waals surface area contributed by atoms with E-state index in [9.17, 15) is 23.7 Å². The summed E-state index contributed by atoms with van der Waals surface area (Å²) in [6.07, 6.45) is 2.69. The van der Waals surface area contributed by atoms with Crippen molar-refractivity contribution < 1.29 is 32.7 Å².